The standard InChI is InChI=1S/C12H14N2O5S/c1-7(8(2)12(16)17)11(15)14-9-4-5-10(13-6-9)20(3,18)19/h4-6H,1-3H3,(H,14,15)(H,16,17). The van der Waals surface area contributed by atoms with Crippen LogP contribution < -0.4 is 5.32 Å². The first-order valence-electron chi connectivity index (χ1n) is 5.51. The molecule has 0 saturated heterocycles. The number of hydrogen-bond donors (Lipinski definition) is 2. The van der Waals surface area contributed by atoms with Crippen LogP contribution in [-0.4, -0.2) is 36.6 Å². The molecule has 0 unspecified atom stereocenters. The van der Waals surface area contributed by atoms with Crippen molar-refractivity contribution in [3.8, 4) is 0 Å². The zero-order valence-corrected chi connectivity index (χ0v) is 12.0. The van der Waals surface area contributed by atoms with Gasteiger partial charge in [0.15, 0.2) is 14.9 Å². The number of rotatable bonds is 4. The highest BCUT2D eigenvalue weighted by atomic mass is 32.2. The number of carboxylic acid groups (broad SMARTS) is 1. The number of carboxylic acids is 1. The van der Waals surface area contributed by atoms with Gasteiger partial charge in [-0.05, 0) is 26.0 Å². The van der Waals surface area contributed by atoms with Gasteiger partial charge in [0, 0.05) is 17.4 Å². The molecule has 7 nitrogen and oxygen atoms in total. The fourth-order valence-corrected chi connectivity index (χ4v) is 1.79. The summed E-state index contributed by atoms with van der Waals surface area (Å²) in [5, 5.41) is 11.1. The van der Waals surface area contributed by atoms with Crippen LogP contribution in [0.5, 0.6) is 0 Å². The molecule has 0 aliphatic heterocycles. The van der Waals surface area contributed by atoms with Crippen molar-refractivity contribution in [2.45, 2.75) is 18.9 Å². The van der Waals surface area contributed by atoms with E-state index in [1.165, 1.54) is 32.2 Å². The summed E-state index contributed by atoms with van der Waals surface area (Å²) in [5.74, 6) is -1.76. The lowest BCUT2D eigenvalue weighted by atomic mass is 10.1. The summed E-state index contributed by atoms with van der Waals surface area (Å²) in [6, 6.07) is 2.64. The molecule has 0 saturated carbocycles. The van der Waals surface area contributed by atoms with E-state index in [0.29, 0.717) is 0 Å². The molecule has 0 fully saturated rings. The Morgan fingerprint density at radius 3 is 2.20 bits per heavy atom. The molecule has 1 rings (SSSR count). The largest absolute Gasteiger partial charge is 0.478 e. The number of aliphatic carboxylic acids is 1. The molecular weight excluding hydrogens is 284 g/mol. The monoisotopic (exact) mass is 298 g/mol. The first-order valence-corrected chi connectivity index (χ1v) is 7.40. The third-order valence-electron chi connectivity index (χ3n) is 2.60. The predicted molar refractivity (Wildman–Crippen MR) is 72.0 cm³/mol. The molecule has 1 aromatic heterocycles. The van der Waals surface area contributed by atoms with Crippen LogP contribution >= 0.6 is 0 Å². The minimum Gasteiger partial charge on any atom is -0.478 e. The van der Waals surface area contributed by atoms with Crippen molar-refractivity contribution in [2.24, 2.45) is 0 Å². The number of amides is 1. The summed E-state index contributed by atoms with van der Waals surface area (Å²) in [4.78, 5) is 26.2. The zero-order chi connectivity index (χ0) is 15.5. The van der Waals surface area contributed by atoms with Crippen molar-refractivity contribution in [1.82, 2.24) is 4.98 Å². The van der Waals surface area contributed by atoms with Crippen LogP contribution in [0, 0.1) is 0 Å². The van der Waals surface area contributed by atoms with Crippen LogP contribution in [0.4, 0.5) is 5.69 Å². The molecule has 0 bridgehead atoms. The van der Waals surface area contributed by atoms with Crippen LogP contribution in [0.25, 0.3) is 0 Å². The number of sulfone groups is 1. The van der Waals surface area contributed by atoms with Crippen LogP contribution in [0.15, 0.2) is 34.5 Å². The first kappa shape index (κ1) is 15.8. The van der Waals surface area contributed by atoms with E-state index in [1.807, 2.05) is 0 Å². The second-order valence-corrected chi connectivity index (χ2v) is 6.13. The van der Waals surface area contributed by atoms with Crippen LogP contribution in [-0.2, 0) is 19.4 Å². The van der Waals surface area contributed by atoms with Gasteiger partial charge in [-0.25, -0.2) is 18.2 Å². The third-order valence-corrected chi connectivity index (χ3v) is 3.60. The summed E-state index contributed by atoms with van der Waals surface area (Å²) in [6.07, 6.45) is 2.22. The molecule has 1 amide bonds. The third kappa shape index (κ3) is 3.89. The molecule has 20 heavy (non-hydrogen) atoms. The molecule has 2 N–H and O–H groups in total. The number of pyridine rings is 1. The Kier molecular flexibility index (Phi) is 4.61. The Morgan fingerprint density at radius 1 is 1.20 bits per heavy atom. The maximum atomic E-state index is 11.8. The van der Waals surface area contributed by atoms with Crippen LogP contribution in [0.2, 0.25) is 0 Å². The van der Waals surface area contributed by atoms with Gasteiger partial charge in [0.2, 0.25) is 0 Å². The quantitative estimate of drug-likeness (QED) is 0.796. The van der Waals surface area contributed by atoms with E-state index in [0.717, 1.165) is 6.26 Å². The zero-order valence-electron chi connectivity index (χ0n) is 11.2. The molecule has 0 radical (unpaired) electrons. The molecule has 0 aliphatic rings. The van der Waals surface area contributed by atoms with Gasteiger partial charge in [-0.2, -0.15) is 0 Å². The Bertz CT molecular complexity index is 674. The number of aromatic nitrogens is 1. The minimum absolute atomic E-state index is 0.0599. The molecule has 108 valence electrons. The van der Waals surface area contributed by atoms with Gasteiger partial charge in [0.05, 0.1) is 11.9 Å². The van der Waals surface area contributed by atoms with Gasteiger partial charge in [-0.1, -0.05) is 0 Å². The van der Waals surface area contributed by atoms with Crippen LogP contribution in [0.1, 0.15) is 13.8 Å². The number of carbonyl (C=O) groups is 2. The highest BCUT2D eigenvalue weighted by molar-refractivity contribution is 7.90. The number of anilines is 1. The second-order valence-electron chi connectivity index (χ2n) is 4.17. The summed E-state index contributed by atoms with van der Waals surface area (Å²) in [6.45, 7) is 2.71. The maximum absolute atomic E-state index is 11.8. The Hall–Kier alpha value is -2.22. The summed E-state index contributed by atoms with van der Waals surface area (Å²) >= 11 is 0. The van der Waals surface area contributed by atoms with Crippen molar-refractivity contribution in [2.75, 3.05) is 11.6 Å². The Balaban J connectivity index is 2.93. The summed E-state index contributed by atoms with van der Waals surface area (Å²) in [5.41, 5.74) is 0.271. The van der Waals surface area contributed by atoms with Crippen molar-refractivity contribution in [3.05, 3.63) is 29.5 Å². The van der Waals surface area contributed by atoms with Crippen molar-refractivity contribution in [1.29, 1.82) is 0 Å². The molecule has 1 aromatic rings. The molecule has 1 heterocycles. The molecule has 0 aromatic carbocycles. The lowest BCUT2D eigenvalue weighted by Gasteiger charge is -2.07. The lowest BCUT2D eigenvalue weighted by Crippen LogP contribution is -2.16. The van der Waals surface area contributed by atoms with Gasteiger partial charge in [0.1, 0.15) is 0 Å². The normalized spacial score (nSPS) is 12.6. The molecule has 8 heteroatoms. The number of nitrogens with one attached hydrogen (secondary N) is 1. The SMILES string of the molecule is CC(C(=O)O)=C(C)C(=O)Nc1ccc(S(C)(=O)=O)nc1. The van der Waals surface area contributed by atoms with Crippen molar-refractivity contribution in [3.63, 3.8) is 0 Å². The van der Waals surface area contributed by atoms with Gasteiger partial charge >= 0.3 is 5.97 Å². The highest BCUT2D eigenvalue weighted by Crippen LogP contribution is 2.12. The van der Waals surface area contributed by atoms with E-state index in [4.69, 9.17) is 5.11 Å². The van der Waals surface area contributed by atoms with E-state index < -0.39 is 21.7 Å². The molecule has 0 atom stereocenters. The Labute approximate surface area is 116 Å². The predicted octanol–water partition coefficient (Wildman–Crippen LogP) is 0.845. The van der Waals surface area contributed by atoms with Gasteiger partial charge in [0.25, 0.3) is 5.91 Å². The van der Waals surface area contributed by atoms with Crippen molar-refractivity contribution >= 4 is 27.4 Å². The van der Waals surface area contributed by atoms with Crippen LogP contribution in [0.3, 0.4) is 0 Å². The van der Waals surface area contributed by atoms with E-state index in [1.54, 1.807) is 0 Å². The second kappa shape index (κ2) is 5.83. The number of carbonyl (C=O) groups excluding carboxylic acids is 1. The first-order chi connectivity index (χ1) is 9.12. The van der Waals surface area contributed by atoms with Gasteiger partial charge in [-0.3, -0.25) is 4.79 Å². The fourth-order valence-electron chi connectivity index (χ4n) is 1.23. The minimum atomic E-state index is -3.40. The van der Waals surface area contributed by atoms with Gasteiger partial charge in [-0.15, -0.1) is 0 Å². The molecule has 0 spiro atoms. The number of nitrogens with zero attached hydrogens (tertiary/aromatic N) is 1. The van der Waals surface area contributed by atoms with E-state index in [-0.39, 0.29) is 21.9 Å². The molecule has 0 aliphatic carbocycles. The molecular formula is C12H14N2O5S. The summed E-state index contributed by atoms with van der Waals surface area (Å²) in [7, 11) is -3.40. The smallest absolute Gasteiger partial charge is 0.331 e. The topological polar surface area (TPSA) is 113 Å². The lowest BCUT2D eigenvalue weighted by molar-refractivity contribution is -0.133. The van der Waals surface area contributed by atoms with Crippen molar-refractivity contribution < 1.29 is 23.1 Å². The summed E-state index contributed by atoms with van der Waals surface area (Å²) < 4.78 is 22.4. The van der Waals surface area contributed by atoms with E-state index >= 15 is 0 Å². The van der Waals surface area contributed by atoms with Gasteiger partial charge < -0.3 is 10.4 Å². The number of hydrogen-bond acceptors (Lipinski definition) is 5. The van der Waals surface area contributed by atoms with E-state index in [9.17, 15) is 18.0 Å². The average molecular weight is 298 g/mol. The maximum Gasteiger partial charge on any atom is 0.331 e. The highest BCUT2D eigenvalue weighted by Gasteiger charge is 2.13. The average Bonchev–Trinajstić information content (AvgIpc) is 2.36. The Morgan fingerprint density at radius 2 is 1.80 bits per heavy atom. The van der Waals surface area contributed by atoms with E-state index in [2.05, 4.69) is 10.3 Å². The fraction of sp³-hybridized carbons (Fsp3) is 0.250.